The molecule has 0 fully saturated rings. The summed E-state index contributed by atoms with van der Waals surface area (Å²) in [5.74, 6) is 0.845. The highest BCUT2D eigenvalue weighted by molar-refractivity contribution is 7.99. The maximum absolute atomic E-state index is 12.5. The van der Waals surface area contributed by atoms with E-state index in [-0.39, 0.29) is 24.0 Å². The molecule has 32 heavy (non-hydrogen) atoms. The van der Waals surface area contributed by atoms with Crippen molar-refractivity contribution in [3.05, 3.63) is 72.0 Å². The summed E-state index contributed by atoms with van der Waals surface area (Å²) in [6.45, 7) is 4.16. The number of halogens is 1. The number of allylic oxidation sites excluding steroid dienone is 1. The van der Waals surface area contributed by atoms with E-state index in [0.717, 1.165) is 0 Å². The highest BCUT2D eigenvalue weighted by atomic mass is 35.5. The van der Waals surface area contributed by atoms with Gasteiger partial charge in [0, 0.05) is 12.2 Å². The van der Waals surface area contributed by atoms with Gasteiger partial charge in [0.25, 0.3) is 0 Å². The van der Waals surface area contributed by atoms with Gasteiger partial charge in [-0.15, -0.1) is 16.8 Å². The molecule has 166 valence electrons. The Morgan fingerprint density at radius 3 is 2.56 bits per heavy atom. The quantitative estimate of drug-likeness (QED) is 0.342. The molecule has 2 aromatic carbocycles. The maximum atomic E-state index is 12.5. The zero-order chi connectivity index (χ0) is 22.9. The van der Waals surface area contributed by atoms with Gasteiger partial charge in [-0.2, -0.15) is 0 Å². The van der Waals surface area contributed by atoms with E-state index in [9.17, 15) is 9.59 Å². The summed E-state index contributed by atoms with van der Waals surface area (Å²) in [4.78, 5) is 24.8. The lowest BCUT2D eigenvalue weighted by atomic mass is 10.3. The van der Waals surface area contributed by atoms with Gasteiger partial charge in [-0.3, -0.25) is 9.59 Å². The van der Waals surface area contributed by atoms with E-state index in [1.54, 1.807) is 66.3 Å². The van der Waals surface area contributed by atoms with Crippen molar-refractivity contribution >= 4 is 46.6 Å². The van der Waals surface area contributed by atoms with Crippen LogP contribution in [0.3, 0.4) is 0 Å². The fraction of sp³-hybridized carbons (Fsp3) is 0.182. The molecular weight excluding hydrogens is 450 g/mol. The highest BCUT2D eigenvalue weighted by Crippen LogP contribution is 2.22. The van der Waals surface area contributed by atoms with Crippen molar-refractivity contribution in [1.82, 2.24) is 14.8 Å². The number of para-hydroxylation sites is 1. The Kier molecular flexibility index (Phi) is 8.29. The maximum Gasteiger partial charge on any atom is 0.234 e. The van der Waals surface area contributed by atoms with Crippen molar-refractivity contribution in [2.45, 2.75) is 18.1 Å². The predicted octanol–water partition coefficient (Wildman–Crippen LogP) is 4.04. The Morgan fingerprint density at radius 1 is 1.12 bits per heavy atom. The number of benzene rings is 2. The van der Waals surface area contributed by atoms with Crippen LogP contribution in [-0.2, 0) is 22.6 Å². The molecule has 0 radical (unpaired) electrons. The molecule has 0 aliphatic heterocycles. The Morgan fingerprint density at radius 2 is 1.88 bits per heavy atom. The van der Waals surface area contributed by atoms with Crippen LogP contribution in [0.1, 0.15) is 5.82 Å². The third-order valence-electron chi connectivity index (χ3n) is 4.28. The zero-order valence-electron chi connectivity index (χ0n) is 17.4. The number of carbonyl (C=O) groups is 2. The summed E-state index contributed by atoms with van der Waals surface area (Å²) in [6, 6.07) is 14.0. The number of nitrogens with one attached hydrogen (secondary N) is 2. The van der Waals surface area contributed by atoms with Gasteiger partial charge in [0.15, 0.2) is 5.16 Å². The van der Waals surface area contributed by atoms with E-state index in [2.05, 4.69) is 27.4 Å². The van der Waals surface area contributed by atoms with Crippen LogP contribution in [0.25, 0.3) is 0 Å². The molecule has 2 amide bonds. The van der Waals surface area contributed by atoms with E-state index in [1.807, 2.05) is 0 Å². The third-order valence-corrected chi connectivity index (χ3v) is 5.57. The molecule has 3 aromatic rings. The van der Waals surface area contributed by atoms with Crippen molar-refractivity contribution in [3.8, 4) is 5.75 Å². The molecule has 0 atom stereocenters. The number of methoxy groups -OCH3 is 1. The first-order valence-corrected chi connectivity index (χ1v) is 11.0. The molecule has 0 aliphatic rings. The molecule has 0 spiro atoms. The highest BCUT2D eigenvalue weighted by Gasteiger charge is 2.17. The smallest absolute Gasteiger partial charge is 0.234 e. The molecule has 0 aliphatic carbocycles. The van der Waals surface area contributed by atoms with Gasteiger partial charge in [-0.05, 0) is 36.4 Å². The summed E-state index contributed by atoms with van der Waals surface area (Å²) in [5, 5.41) is 14.8. The summed E-state index contributed by atoms with van der Waals surface area (Å²) >= 11 is 7.32. The lowest BCUT2D eigenvalue weighted by Crippen LogP contribution is -2.18. The first-order chi connectivity index (χ1) is 15.5. The number of amides is 2. The minimum atomic E-state index is -0.274. The molecule has 1 aromatic heterocycles. The molecule has 10 heteroatoms. The minimum Gasteiger partial charge on any atom is -0.497 e. The Labute approximate surface area is 195 Å². The number of aromatic nitrogens is 3. The third kappa shape index (κ3) is 6.35. The van der Waals surface area contributed by atoms with Gasteiger partial charge < -0.3 is 19.9 Å². The minimum absolute atomic E-state index is 0.00463. The van der Waals surface area contributed by atoms with Gasteiger partial charge in [-0.25, -0.2) is 0 Å². The summed E-state index contributed by atoms with van der Waals surface area (Å²) in [5.41, 5.74) is 1.19. The number of hydrogen-bond donors (Lipinski definition) is 2. The lowest BCUT2D eigenvalue weighted by molar-refractivity contribution is -0.116. The Bertz CT molecular complexity index is 1100. The van der Waals surface area contributed by atoms with Gasteiger partial charge in [-0.1, -0.05) is 41.6 Å². The average Bonchev–Trinajstić information content (AvgIpc) is 3.16. The van der Waals surface area contributed by atoms with Crippen LogP contribution < -0.4 is 15.4 Å². The molecule has 3 rings (SSSR count). The van der Waals surface area contributed by atoms with Crippen molar-refractivity contribution in [3.63, 3.8) is 0 Å². The topological polar surface area (TPSA) is 98.1 Å². The first kappa shape index (κ1) is 23.4. The van der Waals surface area contributed by atoms with Gasteiger partial charge in [0.1, 0.15) is 11.6 Å². The molecule has 0 saturated carbocycles. The molecule has 0 saturated heterocycles. The van der Waals surface area contributed by atoms with Crippen LogP contribution >= 0.6 is 23.4 Å². The van der Waals surface area contributed by atoms with Crippen LogP contribution in [0.2, 0.25) is 5.02 Å². The van der Waals surface area contributed by atoms with Crippen molar-refractivity contribution in [2.24, 2.45) is 0 Å². The number of ether oxygens (including phenoxy) is 1. The normalized spacial score (nSPS) is 10.4. The van der Waals surface area contributed by atoms with Crippen molar-refractivity contribution in [2.75, 3.05) is 23.5 Å². The Balaban J connectivity index is 1.60. The fourth-order valence-electron chi connectivity index (χ4n) is 2.77. The van der Waals surface area contributed by atoms with Crippen molar-refractivity contribution < 1.29 is 14.3 Å². The average molecular weight is 472 g/mol. The summed E-state index contributed by atoms with van der Waals surface area (Å²) < 4.78 is 6.86. The van der Waals surface area contributed by atoms with Gasteiger partial charge in [0.05, 0.1) is 30.0 Å². The molecular formula is C22H22ClN5O3S. The second kappa shape index (κ2) is 11.4. The molecule has 2 N–H and O–H groups in total. The van der Waals surface area contributed by atoms with Crippen molar-refractivity contribution in [1.29, 1.82) is 0 Å². The number of anilines is 2. The number of nitrogens with zero attached hydrogens (tertiary/aromatic N) is 3. The van der Waals surface area contributed by atoms with Gasteiger partial charge >= 0.3 is 0 Å². The van der Waals surface area contributed by atoms with Crippen LogP contribution in [0.4, 0.5) is 11.4 Å². The number of carbonyl (C=O) groups excluding carboxylic acids is 2. The number of hydrogen-bond acceptors (Lipinski definition) is 6. The standard InChI is InChI=1S/C22H22ClN5O3S/c1-3-12-28-19(13-20(29)25-18-7-5-4-6-17(18)23)26-27-22(28)32-14-21(30)24-15-8-10-16(31-2)11-9-15/h3-11H,1,12-14H2,2H3,(H,24,30)(H,25,29). The Hall–Kier alpha value is -3.30. The van der Waals surface area contributed by atoms with Crippen LogP contribution in [0, 0.1) is 0 Å². The van der Waals surface area contributed by atoms with Crippen LogP contribution in [0.15, 0.2) is 66.3 Å². The lowest BCUT2D eigenvalue weighted by Gasteiger charge is -2.09. The largest absolute Gasteiger partial charge is 0.497 e. The second-order valence-corrected chi connectivity index (χ2v) is 7.92. The molecule has 1 heterocycles. The van der Waals surface area contributed by atoms with E-state index < -0.39 is 0 Å². The van der Waals surface area contributed by atoms with E-state index in [0.29, 0.717) is 39.7 Å². The van der Waals surface area contributed by atoms with E-state index in [4.69, 9.17) is 16.3 Å². The van der Waals surface area contributed by atoms with Crippen LogP contribution in [0.5, 0.6) is 5.75 Å². The molecule has 0 bridgehead atoms. The van der Waals surface area contributed by atoms with E-state index >= 15 is 0 Å². The first-order valence-electron chi connectivity index (χ1n) is 9.64. The van der Waals surface area contributed by atoms with Gasteiger partial charge in [0.2, 0.25) is 11.8 Å². The molecule has 0 unspecified atom stereocenters. The SMILES string of the molecule is C=CCn1c(CC(=O)Nc2ccccc2Cl)nnc1SCC(=O)Nc1ccc(OC)cc1. The van der Waals surface area contributed by atoms with Crippen LogP contribution in [-0.4, -0.2) is 39.4 Å². The fourth-order valence-corrected chi connectivity index (χ4v) is 3.72. The molecule has 8 nitrogen and oxygen atoms in total. The number of thioether (sulfide) groups is 1. The monoisotopic (exact) mass is 471 g/mol. The second-order valence-electron chi connectivity index (χ2n) is 6.57. The zero-order valence-corrected chi connectivity index (χ0v) is 18.9. The predicted molar refractivity (Wildman–Crippen MR) is 126 cm³/mol. The summed E-state index contributed by atoms with van der Waals surface area (Å²) in [7, 11) is 1.58. The summed E-state index contributed by atoms with van der Waals surface area (Å²) in [6.07, 6.45) is 1.69. The van der Waals surface area contributed by atoms with E-state index in [1.165, 1.54) is 11.8 Å². The number of rotatable bonds is 10.